The third-order valence-electron chi connectivity index (χ3n) is 5.23. The third kappa shape index (κ3) is 7.38. The van der Waals surface area contributed by atoms with E-state index in [2.05, 4.69) is 24.8 Å². The standard InChI is InChI=1S/C20H28F3N5O2S2/c1-32(29,30)25-11-6-12-31-19-27-26-18(28(19)17-9-3-2-4-10-17)14-24-16-8-5-7-15(13-16)20(21,22)23/h5,7-8,13,17,24-25H,2-4,6,9-12,14H2,1H3. The van der Waals surface area contributed by atoms with Crippen LogP contribution in [0.5, 0.6) is 0 Å². The van der Waals surface area contributed by atoms with Gasteiger partial charge in [-0.25, -0.2) is 13.1 Å². The second-order valence-corrected chi connectivity index (χ2v) is 10.8. The van der Waals surface area contributed by atoms with Gasteiger partial charge in [0.05, 0.1) is 18.4 Å². The van der Waals surface area contributed by atoms with Crippen molar-refractivity contribution in [2.24, 2.45) is 0 Å². The van der Waals surface area contributed by atoms with Crippen molar-refractivity contribution in [2.75, 3.05) is 23.9 Å². The molecule has 32 heavy (non-hydrogen) atoms. The lowest BCUT2D eigenvalue weighted by atomic mass is 9.95. The van der Waals surface area contributed by atoms with E-state index in [4.69, 9.17) is 0 Å². The van der Waals surface area contributed by atoms with Gasteiger partial charge < -0.3 is 9.88 Å². The van der Waals surface area contributed by atoms with Crippen LogP contribution in [-0.2, 0) is 22.7 Å². The molecule has 178 valence electrons. The summed E-state index contributed by atoms with van der Waals surface area (Å²) < 4.78 is 65.9. The largest absolute Gasteiger partial charge is 0.416 e. The van der Waals surface area contributed by atoms with Crippen molar-refractivity contribution in [1.29, 1.82) is 0 Å². The molecule has 1 aromatic heterocycles. The summed E-state index contributed by atoms with van der Waals surface area (Å²) in [4.78, 5) is 0. The highest BCUT2D eigenvalue weighted by atomic mass is 32.2. The molecule has 1 aliphatic carbocycles. The van der Waals surface area contributed by atoms with Gasteiger partial charge in [0, 0.05) is 24.0 Å². The molecule has 0 saturated heterocycles. The first-order valence-electron chi connectivity index (χ1n) is 10.6. The highest BCUT2D eigenvalue weighted by molar-refractivity contribution is 7.99. The van der Waals surface area contributed by atoms with Crippen molar-refractivity contribution in [3.63, 3.8) is 0 Å². The van der Waals surface area contributed by atoms with Crippen LogP contribution in [0, 0.1) is 0 Å². The van der Waals surface area contributed by atoms with Gasteiger partial charge in [0.1, 0.15) is 0 Å². The molecule has 0 aliphatic heterocycles. The molecule has 7 nitrogen and oxygen atoms in total. The predicted octanol–water partition coefficient (Wildman–Crippen LogP) is 4.45. The van der Waals surface area contributed by atoms with E-state index in [1.807, 2.05) is 0 Å². The molecule has 1 heterocycles. The summed E-state index contributed by atoms with van der Waals surface area (Å²) in [7, 11) is -3.21. The number of hydrogen-bond acceptors (Lipinski definition) is 6. The fourth-order valence-electron chi connectivity index (χ4n) is 3.71. The van der Waals surface area contributed by atoms with Crippen molar-refractivity contribution < 1.29 is 21.6 Å². The van der Waals surface area contributed by atoms with Crippen LogP contribution in [0.2, 0.25) is 0 Å². The summed E-state index contributed by atoms with van der Waals surface area (Å²) in [6, 6.07) is 5.37. The van der Waals surface area contributed by atoms with Crippen LogP contribution < -0.4 is 10.0 Å². The summed E-state index contributed by atoms with van der Waals surface area (Å²) in [6.07, 6.45) is 2.83. The molecule has 0 radical (unpaired) electrons. The topological polar surface area (TPSA) is 88.9 Å². The Bertz CT molecular complexity index is 989. The first kappa shape index (κ1) is 24.8. The number of halogens is 3. The molecule has 12 heteroatoms. The van der Waals surface area contributed by atoms with E-state index >= 15 is 0 Å². The molecule has 0 spiro atoms. The van der Waals surface area contributed by atoms with Gasteiger partial charge in [-0.15, -0.1) is 10.2 Å². The van der Waals surface area contributed by atoms with Crippen LogP contribution >= 0.6 is 11.8 Å². The van der Waals surface area contributed by atoms with Gasteiger partial charge in [0.15, 0.2) is 11.0 Å². The van der Waals surface area contributed by atoms with Crippen molar-refractivity contribution >= 4 is 27.5 Å². The van der Waals surface area contributed by atoms with E-state index in [0.717, 1.165) is 49.2 Å². The lowest BCUT2D eigenvalue weighted by molar-refractivity contribution is -0.137. The van der Waals surface area contributed by atoms with Gasteiger partial charge in [0.2, 0.25) is 10.0 Å². The highest BCUT2D eigenvalue weighted by Gasteiger charge is 2.30. The second-order valence-electron chi connectivity index (χ2n) is 7.86. The number of alkyl halides is 3. The number of hydrogen-bond donors (Lipinski definition) is 2. The molecule has 2 N–H and O–H groups in total. The molecule has 1 aliphatic rings. The number of sulfonamides is 1. The van der Waals surface area contributed by atoms with Gasteiger partial charge in [-0.3, -0.25) is 0 Å². The Kier molecular flexibility index (Phi) is 8.45. The van der Waals surface area contributed by atoms with Crippen LogP contribution in [0.4, 0.5) is 18.9 Å². The van der Waals surface area contributed by atoms with Gasteiger partial charge >= 0.3 is 6.18 Å². The van der Waals surface area contributed by atoms with Crippen LogP contribution in [0.15, 0.2) is 29.4 Å². The minimum absolute atomic E-state index is 0.258. The second kappa shape index (κ2) is 10.9. The lowest BCUT2D eigenvalue weighted by Crippen LogP contribution is -2.23. The molecule has 0 amide bonds. The summed E-state index contributed by atoms with van der Waals surface area (Å²) in [6.45, 7) is 0.619. The SMILES string of the molecule is CS(=O)(=O)NCCCSc1nnc(CNc2cccc(C(F)(F)F)c2)n1C1CCCCC1. The molecule has 0 bridgehead atoms. The fraction of sp³-hybridized carbons (Fsp3) is 0.600. The van der Waals surface area contributed by atoms with Gasteiger partial charge in [-0.1, -0.05) is 37.1 Å². The number of nitrogens with zero attached hydrogens (tertiary/aromatic N) is 3. The molecule has 2 aromatic rings. The number of aromatic nitrogens is 3. The Morgan fingerprint density at radius 3 is 2.62 bits per heavy atom. The zero-order valence-electron chi connectivity index (χ0n) is 17.9. The van der Waals surface area contributed by atoms with Crippen molar-refractivity contribution in [3.8, 4) is 0 Å². The van der Waals surface area contributed by atoms with Crippen LogP contribution in [0.25, 0.3) is 0 Å². The van der Waals surface area contributed by atoms with E-state index in [9.17, 15) is 21.6 Å². The monoisotopic (exact) mass is 491 g/mol. The number of nitrogens with one attached hydrogen (secondary N) is 2. The van der Waals surface area contributed by atoms with E-state index in [-0.39, 0.29) is 12.6 Å². The summed E-state index contributed by atoms with van der Waals surface area (Å²) >= 11 is 1.52. The minimum Gasteiger partial charge on any atom is -0.378 e. The molecular formula is C20H28F3N5O2S2. The Morgan fingerprint density at radius 1 is 1.19 bits per heavy atom. The van der Waals surface area contributed by atoms with E-state index in [1.54, 1.807) is 6.07 Å². The normalized spacial score (nSPS) is 15.8. The Hall–Kier alpha value is -1.79. The maximum Gasteiger partial charge on any atom is 0.416 e. The van der Waals surface area contributed by atoms with Crippen LogP contribution in [0.3, 0.4) is 0 Å². The minimum atomic E-state index is -4.39. The lowest BCUT2D eigenvalue weighted by Gasteiger charge is -2.25. The summed E-state index contributed by atoms with van der Waals surface area (Å²) in [5, 5.41) is 12.4. The Morgan fingerprint density at radius 2 is 1.94 bits per heavy atom. The van der Waals surface area contributed by atoms with E-state index in [0.29, 0.717) is 30.2 Å². The zero-order valence-corrected chi connectivity index (χ0v) is 19.5. The first-order chi connectivity index (χ1) is 15.1. The third-order valence-corrected chi connectivity index (χ3v) is 6.99. The van der Waals surface area contributed by atoms with Crippen molar-refractivity contribution in [1.82, 2.24) is 19.5 Å². The molecule has 1 aromatic carbocycles. The fourth-order valence-corrected chi connectivity index (χ4v) is 5.19. The molecule has 0 atom stereocenters. The summed E-state index contributed by atoms with van der Waals surface area (Å²) in [5.41, 5.74) is -0.325. The average Bonchev–Trinajstić information content (AvgIpc) is 3.14. The Labute approximate surface area is 190 Å². The molecule has 1 saturated carbocycles. The van der Waals surface area contributed by atoms with E-state index in [1.165, 1.54) is 24.2 Å². The molecule has 1 fully saturated rings. The van der Waals surface area contributed by atoms with Crippen molar-refractivity contribution in [3.05, 3.63) is 35.7 Å². The first-order valence-corrected chi connectivity index (χ1v) is 13.4. The van der Waals surface area contributed by atoms with Gasteiger partial charge in [-0.05, 0) is 37.5 Å². The number of benzene rings is 1. The summed E-state index contributed by atoms with van der Waals surface area (Å²) in [5.74, 6) is 1.36. The van der Waals surface area contributed by atoms with Crippen molar-refractivity contribution in [2.45, 2.75) is 62.4 Å². The van der Waals surface area contributed by atoms with Gasteiger partial charge in [0.25, 0.3) is 0 Å². The smallest absolute Gasteiger partial charge is 0.378 e. The van der Waals surface area contributed by atoms with Crippen LogP contribution in [-0.4, -0.2) is 41.7 Å². The van der Waals surface area contributed by atoms with E-state index < -0.39 is 21.8 Å². The Balaban J connectivity index is 1.68. The maximum absolute atomic E-state index is 13.0. The number of rotatable bonds is 10. The average molecular weight is 492 g/mol. The van der Waals surface area contributed by atoms with Gasteiger partial charge in [-0.2, -0.15) is 13.2 Å². The molecule has 0 unspecified atom stereocenters. The highest BCUT2D eigenvalue weighted by Crippen LogP contribution is 2.34. The van der Waals surface area contributed by atoms with Crippen LogP contribution in [0.1, 0.15) is 56.0 Å². The number of thioether (sulfide) groups is 1. The quantitative estimate of drug-likeness (QED) is 0.377. The zero-order chi connectivity index (χ0) is 23.2. The molecule has 3 rings (SSSR count). The number of anilines is 1. The predicted molar refractivity (Wildman–Crippen MR) is 119 cm³/mol. The maximum atomic E-state index is 13.0. The molecular weight excluding hydrogens is 463 g/mol.